The van der Waals surface area contributed by atoms with E-state index in [0.29, 0.717) is 44.4 Å². The number of ether oxygens (including phenoxy) is 2. The van der Waals surface area contributed by atoms with E-state index in [4.69, 9.17) is 9.47 Å². The van der Waals surface area contributed by atoms with Crippen LogP contribution < -0.4 is 4.74 Å². The molecule has 1 aliphatic carbocycles. The Morgan fingerprint density at radius 2 is 1.68 bits per heavy atom. The molecule has 0 bridgehead atoms. The highest BCUT2D eigenvalue weighted by Gasteiger charge is 2.34. The summed E-state index contributed by atoms with van der Waals surface area (Å²) in [6.45, 7) is 3.87. The fourth-order valence-electron chi connectivity index (χ4n) is 4.54. The van der Waals surface area contributed by atoms with E-state index in [1.54, 1.807) is 0 Å². The van der Waals surface area contributed by atoms with Gasteiger partial charge < -0.3 is 19.3 Å². The maximum atomic E-state index is 12.8. The molecule has 2 saturated heterocycles. The second kappa shape index (κ2) is 8.95. The third-order valence-electron chi connectivity index (χ3n) is 6.21. The van der Waals surface area contributed by atoms with E-state index in [1.807, 2.05) is 34.1 Å². The Morgan fingerprint density at radius 3 is 2.39 bits per heavy atom. The topological polar surface area (TPSA) is 59.1 Å². The molecule has 3 fully saturated rings. The van der Waals surface area contributed by atoms with E-state index < -0.39 is 0 Å². The molecule has 1 saturated carbocycles. The summed E-state index contributed by atoms with van der Waals surface area (Å²) in [4.78, 5) is 29.1. The third-order valence-corrected chi connectivity index (χ3v) is 6.21. The van der Waals surface area contributed by atoms with Crippen LogP contribution in [0.25, 0.3) is 0 Å². The van der Waals surface area contributed by atoms with Gasteiger partial charge in [-0.3, -0.25) is 9.59 Å². The Morgan fingerprint density at radius 1 is 0.964 bits per heavy atom. The van der Waals surface area contributed by atoms with E-state index >= 15 is 0 Å². The summed E-state index contributed by atoms with van der Waals surface area (Å²) < 4.78 is 11.3. The third kappa shape index (κ3) is 4.32. The Kier molecular flexibility index (Phi) is 6.15. The van der Waals surface area contributed by atoms with Crippen LogP contribution in [0.2, 0.25) is 0 Å². The minimum Gasteiger partial charge on any atom is -0.491 e. The van der Waals surface area contributed by atoms with Crippen molar-refractivity contribution in [3.8, 4) is 5.75 Å². The summed E-state index contributed by atoms with van der Waals surface area (Å²) in [7, 11) is 0. The van der Waals surface area contributed by atoms with Crippen molar-refractivity contribution in [2.45, 2.75) is 44.6 Å². The summed E-state index contributed by atoms with van der Waals surface area (Å²) >= 11 is 0. The molecule has 28 heavy (non-hydrogen) atoms. The molecule has 1 aromatic carbocycles. The van der Waals surface area contributed by atoms with Gasteiger partial charge in [-0.25, -0.2) is 0 Å². The number of benzene rings is 1. The molecule has 0 N–H and O–H groups in total. The number of carbonyl (C=O) groups excluding carboxylic acids is 2. The highest BCUT2D eigenvalue weighted by atomic mass is 16.5. The number of hydrogen-bond donors (Lipinski definition) is 0. The molecule has 3 aliphatic rings. The van der Waals surface area contributed by atoms with Gasteiger partial charge in [-0.2, -0.15) is 0 Å². The number of rotatable bonds is 5. The van der Waals surface area contributed by atoms with Gasteiger partial charge in [-0.1, -0.05) is 12.8 Å². The van der Waals surface area contributed by atoms with E-state index in [2.05, 4.69) is 0 Å². The van der Waals surface area contributed by atoms with Crippen molar-refractivity contribution >= 4 is 11.8 Å². The Bertz CT molecular complexity index is 678. The van der Waals surface area contributed by atoms with Crippen LogP contribution in [0.4, 0.5) is 0 Å². The van der Waals surface area contributed by atoms with Crippen LogP contribution in [0.15, 0.2) is 24.3 Å². The number of carbonyl (C=O) groups is 2. The summed E-state index contributed by atoms with van der Waals surface area (Å²) in [6.07, 6.45) is 6.51. The maximum Gasteiger partial charge on any atom is 0.254 e. The van der Waals surface area contributed by atoms with E-state index in [-0.39, 0.29) is 17.9 Å². The summed E-state index contributed by atoms with van der Waals surface area (Å²) in [5, 5.41) is 0. The smallest absolute Gasteiger partial charge is 0.254 e. The van der Waals surface area contributed by atoms with E-state index in [1.165, 1.54) is 12.8 Å². The molecule has 0 aromatic heterocycles. The molecule has 1 unspecified atom stereocenters. The average Bonchev–Trinajstić information content (AvgIpc) is 3.44. The SMILES string of the molecule is O=C(c1ccc(OCC2CCCN2C(=O)C2CCCC2)cc1)N1CCOCC1. The fourth-order valence-corrected chi connectivity index (χ4v) is 4.54. The first-order chi connectivity index (χ1) is 13.7. The van der Waals surface area contributed by atoms with Crippen molar-refractivity contribution in [1.29, 1.82) is 0 Å². The van der Waals surface area contributed by atoms with Crippen molar-refractivity contribution < 1.29 is 19.1 Å². The summed E-state index contributed by atoms with van der Waals surface area (Å²) in [6, 6.07) is 7.52. The van der Waals surface area contributed by atoms with Crippen molar-refractivity contribution in [2.24, 2.45) is 5.92 Å². The zero-order valence-corrected chi connectivity index (χ0v) is 16.5. The van der Waals surface area contributed by atoms with Gasteiger partial charge in [0.15, 0.2) is 0 Å². The number of morpholine rings is 1. The minimum atomic E-state index is 0.0407. The lowest BCUT2D eigenvalue weighted by Crippen LogP contribution is -2.41. The van der Waals surface area contributed by atoms with Crippen LogP contribution in [0.3, 0.4) is 0 Å². The predicted octanol–water partition coefficient (Wildman–Crippen LogP) is 2.72. The molecule has 1 atom stereocenters. The first-order valence-corrected chi connectivity index (χ1v) is 10.6. The predicted molar refractivity (Wildman–Crippen MR) is 105 cm³/mol. The van der Waals surface area contributed by atoms with Gasteiger partial charge >= 0.3 is 0 Å². The number of hydrogen-bond acceptors (Lipinski definition) is 4. The van der Waals surface area contributed by atoms with E-state index in [9.17, 15) is 9.59 Å². The molecule has 6 nitrogen and oxygen atoms in total. The van der Waals surface area contributed by atoms with Gasteiger partial charge in [0.2, 0.25) is 5.91 Å². The summed E-state index contributed by atoms with van der Waals surface area (Å²) in [5.41, 5.74) is 0.674. The van der Waals surface area contributed by atoms with Gasteiger partial charge in [0.1, 0.15) is 12.4 Å². The first-order valence-electron chi connectivity index (χ1n) is 10.6. The molecule has 2 aliphatic heterocycles. The summed E-state index contributed by atoms with van der Waals surface area (Å²) in [5.74, 6) is 1.35. The molecular weight excluding hydrogens is 356 g/mol. The van der Waals surface area contributed by atoms with Gasteiger partial charge in [0.25, 0.3) is 5.91 Å². The van der Waals surface area contributed by atoms with Crippen molar-refractivity contribution in [3.05, 3.63) is 29.8 Å². The highest BCUT2D eigenvalue weighted by Crippen LogP contribution is 2.30. The van der Waals surface area contributed by atoms with Crippen LogP contribution in [0.1, 0.15) is 48.9 Å². The fraction of sp³-hybridized carbons (Fsp3) is 0.636. The molecule has 2 heterocycles. The molecule has 0 spiro atoms. The zero-order valence-electron chi connectivity index (χ0n) is 16.5. The lowest BCUT2D eigenvalue weighted by molar-refractivity contribution is -0.136. The molecule has 152 valence electrons. The monoisotopic (exact) mass is 386 g/mol. The van der Waals surface area contributed by atoms with Gasteiger partial charge in [0.05, 0.1) is 19.3 Å². The molecule has 2 amide bonds. The highest BCUT2D eigenvalue weighted by molar-refractivity contribution is 5.94. The second-order valence-corrected chi connectivity index (χ2v) is 8.05. The van der Waals surface area contributed by atoms with Crippen LogP contribution in [0.5, 0.6) is 5.75 Å². The van der Waals surface area contributed by atoms with Crippen LogP contribution in [0, 0.1) is 5.92 Å². The Hall–Kier alpha value is -2.08. The molecule has 1 aromatic rings. The largest absolute Gasteiger partial charge is 0.491 e. The quantitative estimate of drug-likeness (QED) is 0.781. The van der Waals surface area contributed by atoms with Crippen LogP contribution in [-0.4, -0.2) is 67.1 Å². The van der Waals surface area contributed by atoms with Crippen LogP contribution >= 0.6 is 0 Å². The number of nitrogens with zero attached hydrogens (tertiary/aromatic N) is 2. The van der Waals surface area contributed by atoms with Crippen LogP contribution in [-0.2, 0) is 9.53 Å². The van der Waals surface area contributed by atoms with Crippen molar-refractivity contribution in [1.82, 2.24) is 9.80 Å². The lowest BCUT2D eigenvalue weighted by atomic mass is 10.1. The maximum absolute atomic E-state index is 12.8. The number of amides is 2. The normalized spacial score (nSPS) is 23.2. The molecular formula is C22H30N2O4. The first kappa shape index (κ1) is 19.2. The standard InChI is InChI=1S/C22H30N2O4/c25-21(23-12-14-27-15-13-23)18-7-9-20(10-8-18)28-16-19-6-3-11-24(19)22(26)17-4-1-2-5-17/h7-10,17,19H,1-6,11-16H2. The Balaban J connectivity index is 1.30. The van der Waals surface area contributed by atoms with Crippen molar-refractivity contribution in [3.63, 3.8) is 0 Å². The zero-order chi connectivity index (χ0) is 19.3. The average molecular weight is 386 g/mol. The minimum absolute atomic E-state index is 0.0407. The van der Waals surface area contributed by atoms with Gasteiger partial charge in [-0.15, -0.1) is 0 Å². The lowest BCUT2D eigenvalue weighted by Gasteiger charge is -2.27. The Labute approximate surface area is 166 Å². The van der Waals surface area contributed by atoms with Crippen molar-refractivity contribution in [2.75, 3.05) is 39.5 Å². The van der Waals surface area contributed by atoms with Gasteiger partial charge in [0, 0.05) is 31.1 Å². The second-order valence-electron chi connectivity index (χ2n) is 8.05. The van der Waals surface area contributed by atoms with Gasteiger partial charge in [-0.05, 0) is 49.9 Å². The number of likely N-dealkylation sites (tertiary alicyclic amines) is 1. The molecule has 0 radical (unpaired) electrons. The van der Waals surface area contributed by atoms with E-state index in [0.717, 1.165) is 38.0 Å². The molecule has 4 rings (SSSR count). The molecule has 6 heteroatoms.